The van der Waals surface area contributed by atoms with Crippen molar-refractivity contribution in [3.63, 3.8) is 0 Å². The lowest BCUT2D eigenvalue weighted by molar-refractivity contribution is -0.145. The van der Waals surface area contributed by atoms with Gasteiger partial charge in [0.1, 0.15) is 11.6 Å². The summed E-state index contributed by atoms with van der Waals surface area (Å²) in [5.41, 5.74) is 0.232. The molecule has 1 amide bonds. The van der Waals surface area contributed by atoms with E-state index in [0.29, 0.717) is 19.4 Å². The summed E-state index contributed by atoms with van der Waals surface area (Å²) < 4.78 is 31.7. The van der Waals surface area contributed by atoms with Gasteiger partial charge in [-0.2, -0.15) is 0 Å². The van der Waals surface area contributed by atoms with E-state index in [9.17, 15) is 18.4 Å². The summed E-state index contributed by atoms with van der Waals surface area (Å²) in [6.07, 6.45) is 1.00. The molecule has 2 rings (SSSR count). The summed E-state index contributed by atoms with van der Waals surface area (Å²) >= 11 is 0. The maximum absolute atomic E-state index is 13.6. The standard InChI is InChI=1S/C15H17F2NO3/c1-9(19)18-5-2-6-21-15(20)13-8-11(13)12-7-10(16)3-4-14(12)17/h3-4,7,11,13H,2,5-6,8H2,1H3,(H,18,19)/t11-,13+/m0/s1. The van der Waals surface area contributed by atoms with Crippen molar-refractivity contribution >= 4 is 11.9 Å². The first-order valence-corrected chi connectivity index (χ1v) is 6.85. The van der Waals surface area contributed by atoms with Crippen molar-refractivity contribution in [2.45, 2.75) is 25.7 Å². The molecule has 114 valence electrons. The highest BCUT2D eigenvalue weighted by Gasteiger charge is 2.46. The average Bonchev–Trinajstić information content (AvgIpc) is 3.21. The molecule has 0 aliphatic heterocycles. The number of carbonyl (C=O) groups excluding carboxylic acids is 2. The predicted octanol–water partition coefficient (Wildman–Crippen LogP) is 2.14. The van der Waals surface area contributed by atoms with Crippen LogP contribution in [0.15, 0.2) is 18.2 Å². The molecule has 1 fully saturated rings. The van der Waals surface area contributed by atoms with E-state index in [1.807, 2.05) is 0 Å². The van der Waals surface area contributed by atoms with E-state index >= 15 is 0 Å². The topological polar surface area (TPSA) is 55.4 Å². The Morgan fingerprint density at radius 3 is 2.86 bits per heavy atom. The van der Waals surface area contributed by atoms with Crippen LogP contribution in [0.25, 0.3) is 0 Å². The minimum absolute atomic E-state index is 0.134. The fourth-order valence-corrected chi connectivity index (χ4v) is 2.21. The Bertz CT molecular complexity index is 548. The van der Waals surface area contributed by atoms with Crippen molar-refractivity contribution in [3.8, 4) is 0 Å². The van der Waals surface area contributed by atoms with Crippen LogP contribution in [0.3, 0.4) is 0 Å². The van der Waals surface area contributed by atoms with Crippen LogP contribution in [-0.4, -0.2) is 25.0 Å². The van der Waals surface area contributed by atoms with Gasteiger partial charge in [-0.05, 0) is 36.6 Å². The molecule has 0 radical (unpaired) electrons. The number of ether oxygens (including phenoxy) is 1. The van der Waals surface area contributed by atoms with Gasteiger partial charge in [0.2, 0.25) is 5.91 Å². The number of esters is 1. The number of hydrogen-bond acceptors (Lipinski definition) is 3. The van der Waals surface area contributed by atoms with Crippen LogP contribution in [-0.2, 0) is 14.3 Å². The molecule has 1 saturated carbocycles. The maximum atomic E-state index is 13.6. The van der Waals surface area contributed by atoms with Gasteiger partial charge in [0.25, 0.3) is 0 Å². The first-order chi connectivity index (χ1) is 9.99. The monoisotopic (exact) mass is 297 g/mol. The Labute approximate surface area is 121 Å². The molecule has 1 N–H and O–H groups in total. The molecule has 1 aliphatic carbocycles. The smallest absolute Gasteiger partial charge is 0.309 e. The van der Waals surface area contributed by atoms with E-state index in [0.717, 1.165) is 18.2 Å². The van der Waals surface area contributed by atoms with Crippen molar-refractivity contribution in [3.05, 3.63) is 35.4 Å². The third-order valence-electron chi connectivity index (χ3n) is 3.39. The van der Waals surface area contributed by atoms with E-state index in [4.69, 9.17) is 4.74 Å². The van der Waals surface area contributed by atoms with Crippen LogP contribution in [0.5, 0.6) is 0 Å². The summed E-state index contributed by atoms with van der Waals surface area (Å²) in [5.74, 6) is -2.25. The number of halogens is 2. The van der Waals surface area contributed by atoms with Crippen LogP contribution in [0.4, 0.5) is 8.78 Å². The Kier molecular flexibility index (Phi) is 4.88. The lowest BCUT2D eigenvalue weighted by atomic mass is 10.1. The van der Waals surface area contributed by atoms with Crippen LogP contribution in [0.1, 0.15) is 31.2 Å². The lowest BCUT2D eigenvalue weighted by Gasteiger charge is -2.06. The second-order valence-electron chi connectivity index (χ2n) is 5.12. The maximum Gasteiger partial charge on any atom is 0.309 e. The molecular formula is C15H17F2NO3. The Morgan fingerprint density at radius 1 is 1.38 bits per heavy atom. The summed E-state index contributed by atoms with van der Waals surface area (Å²) in [4.78, 5) is 22.4. The molecular weight excluding hydrogens is 280 g/mol. The first kappa shape index (κ1) is 15.4. The molecule has 1 aromatic rings. The van der Waals surface area contributed by atoms with Crippen LogP contribution in [0.2, 0.25) is 0 Å². The summed E-state index contributed by atoms with van der Waals surface area (Å²) in [5, 5.41) is 2.59. The van der Waals surface area contributed by atoms with Crippen LogP contribution < -0.4 is 5.32 Å². The number of carbonyl (C=O) groups is 2. The van der Waals surface area contributed by atoms with Gasteiger partial charge in [-0.3, -0.25) is 9.59 Å². The molecule has 0 spiro atoms. The largest absolute Gasteiger partial charge is 0.465 e. The zero-order chi connectivity index (χ0) is 15.4. The number of rotatable bonds is 6. The third kappa shape index (κ3) is 4.24. The number of hydrogen-bond donors (Lipinski definition) is 1. The highest BCUT2D eigenvalue weighted by molar-refractivity contribution is 5.77. The summed E-state index contributed by atoms with van der Waals surface area (Å²) in [6, 6.07) is 3.25. The van der Waals surface area contributed by atoms with Crippen molar-refractivity contribution in [2.75, 3.05) is 13.2 Å². The molecule has 0 unspecified atom stereocenters. The molecule has 0 aromatic heterocycles. The fourth-order valence-electron chi connectivity index (χ4n) is 2.21. The van der Waals surface area contributed by atoms with Gasteiger partial charge in [0.05, 0.1) is 12.5 Å². The van der Waals surface area contributed by atoms with E-state index in [1.54, 1.807) is 0 Å². The lowest BCUT2D eigenvalue weighted by Crippen LogP contribution is -2.22. The van der Waals surface area contributed by atoms with Gasteiger partial charge in [0, 0.05) is 19.4 Å². The normalized spacial score (nSPS) is 20.0. The van der Waals surface area contributed by atoms with E-state index in [-0.39, 0.29) is 24.0 Å². The average molecular weight is 297 g/mol. The van der Waals surface area contributed by atoms with Gasteiger partial charge < -0.3 is 10.1 Å². The Hall–Kier alpha value is -1.98. The Morgan fingerprint density at radius 2 is 2.14 bits per heavy atom. The van der Waals surface area contributed by atoms with Crippen LogP contribution in [0, 0.1) is 17.6 Å². The summed E-state index contributed by atoms with van der Waals surface area (Å²) in [6.45, 7) is 2.05. The van der Waals surface area contributed by atoms with Crippen molar-refractivity contribution in [2.24, 2.45) is 5.92 Å². The summed E-state index contributed by atoms with van der Waals surface area (Å²) in [7, 11) is 0. The predicted molar refractivity (Wildman–Crippen MR) is 71.5 cm³/mol. The van der Waals surface area contributed by atoms with Crippen molar-refractivity contribution < 1.29 is 23.1 Å². The molecule has 0 saturated heterocycles. The van der Waals surface area contributed by atoms with Gasteiger partial charge in [-0.1, -0.05) is 0 Å². The molecule has 2 atom stereocenters. The van der Waals surface area contributed by atoms with E-state index in [1.165, 1.54) is 6.92 Å². The zero-order valence-electron chi connectivity index (χ0n) is 11.7. The quantitative estimate of drug-likeness (QED) is 0.646. The third-order valence-corrected chi connectivity index (χ3v) is 3.39. The fraction of sp³-hybridized carbons (Fsp3) is 0.467. The molecule has 0 bridgehead atoms. The molecule has 0 heterocycles. The van der Waals surface area contributed by atoms with Gasteiger partial charge in [-0.15, -0.1) is 0 Å². The highest BCUT2D eigenvalue weighted by Crippen LogP contribution is 2.49. The van der Waals surface area contributed by atoms with Crippen molar-refractivity contribution in [1.29, 1.82) is 0 Å². The minimum atomic E-state index is -0.513. The zero-order valence-corrected chi connectivity index (χ0v) is 11.7. The highest BCUT2D eigenvalue weighted by atomic mass is 19.1. The number of nitrogens with one attached hydrogen (secondary N) is 1. The second kappa shape index (κ2) is 6.65. The SMILES string of the molecule is CC(=O)NCCCOC(=O)[C@@H]1C[C@H]1c1cc(F)ccc1F. The van der Waals surface area contributed by atoms with Gasteiger partial charge in [-0.25, -0.2) is 8.78 Å². The van der Waals surface area contributed by atoms with E-state index < -0.39 is 23.5 Å². The van der Waals surface area contributed by atoms with Gasteiger partial charge >= 0.3 is 5.97 Å². The van der Waals surface area contributed by atoms with Crippen LogP contribution >= 0.6 is 0 Å². The van der Waals surface area contributed by atoms with E-state index in [2.05, 4.69) is 5.32 Å². The molecule has 4 nitrogen and oxygen atoms in total. The molecule has 1 aliphatic rings. The molecule has 1 aromatic carbocycles. The number of benzene rings is 1. The second-order valence-corrected chi connectivity index (χ2v) is 5.12. The Balaban J connectivity index is 1.76. The molecule has 6 heteroatoms. The van der Waals surface area contributed by atoms with Crippen molar-refractivity contribution in [1.82, 2.24) is 5.32 Å². The number of amides is 1. The van der Waals surface area contributed by atoms with Gasteiger partial charge in [0.15, 0.2) is 0 Å². The first-order valence-electron chi connectivity index (χ1n) is 6.85. The minimum Gasteiger partial charge on any atom is -0.465 e. The molecule has 21 heavy (non-hydrogen) atoms.